The predicted molar refractivity (Wildman–Crippen MR) is 81.2 cm³/mol. The van der Waals surface area contributed by atoms with Gasteiger partial charge in [-0.25, -0.2) is 0 Å². The summed E-state index contributed by atoms with van der Waals surface area (Å²) in [5, 5.41) is 0. The minimum Gasteiger partial charge on any atom is -0.497 e. The molecule has 1 saturated heterocycles. The van der Waals surface area contributed by atoms with Gasteiger partial charge in [0, 0.05) is 12.5 Å². The van der Waals surface area contributed by atoms with Gasteiger partial charge in [0.05, 0.1) is 19.3 Å². The molecule has 3 rings (SSSR count). The maximum atomic E-state index is 12.8. The Morgan fingerprint density at radius 2 is 2.10 bits per heavy atom. The number of Topliss-reactive ketones (excluding diaryl/α,β-unsaturated/α-hetero) is 1. The molecular weight excluding hydrogens is 266 g/mol. The molecule has 4 nitrogen and oxygen atoms in total. The summed E-state index contributed by atoms with van der Waals surface area (Å²) < 4.78 is 11.0. The zero-order valence-electron chi connectivity index (χ0n) is 12.6. The van der Waals surface area contributed by atoms with Gasteiger partial charge >= 0.3 is 0 Å². The Morgan fingerprint density at radius 3 is 2.86 bits per heavy atom. The molecule has 2 aliphatic rings. The highest BCUT2D eigenvalue weighted by Gasteiger charge is 2.28. The van der Waals surface area contributed by atoms with Crippen molar-refractivity contribution in [3.8, 4) is 11.5 Å². The van der Waals surface area contributed by atoms with Crippen LogP contribution in [0.25, 0.3) is 0 Å². The lowest BCUT2D eigenvalue weighted by atomic mass is 9.94. The molecule has 114 valence electrons. The molecule has 1 unspecified atom stereocenters. The van der Waals surface area contributed by atoms with Crippen molar-refractivity contribution in [3.05, 3.63) is 23.8 Å². The maximum absolute atomic E-state index is 12.8. The Labute approximate surface area is 126 Å². The van der Waals surface area contributed by atoms with Crippen LogP contribution in [0, 0.1) is 5.92 Å². The first-order valence-corrected chi connectivity index (χ1v) is 7.85. The fourth-order valence-electron chi connectivity index (χ4n) is 3.24. The number of carbonyl (C=O) groups is 1. The average Bonchev–Trinajstić information content (AvgIpc) is 2.68. The lowest BCUT2D eigenvalue weighted by molar-refractivity contribution is 0.0859. The predicted octanol–water partition coefficient (Wildman–Crippen LogP) is 2.76. The number of nitrogens with zero attached hydrogens (tertiary/aromatic N) is 1. The van der Waals surface area contributed by atoms with E-state index in [4.69, 9.17) is 9.47 Å². The molecule has 0 bridgehead atoms. The third kappa shape index (κ3) is 3.21. The molecule has 1 atom stereocenters. The van der Waals surface area contributed by atoms with Crippen LogP contribution >= 0.6 is 0 Å². The molecule has 1 aromatic rings. The number of ether oxygens (including phenoxy) is 2. The number of rotatable bonds is 3. The number of ketones is 1. The normalized spacial score (nSPS) is 23.1. The largest absolute Gasteiger partial charge is 0.497 e. The molecule has 2 heterocycles. The molecule has 21 heavy (non-hydrogen) atoms. The van der Waals surface area contributed by atoms with Gasteiger partial charge in [0.15, 0.2) is 5.78 Å². The van der Waals surface area contributed by atoms with E-state index in [2.05, 4.69) is 4.90 Å². The third-order valence-electron chi connectivity index (χ3n) is 4.47. The van der Waals surface area contributed by atoms with Crippen LogP contribution in [0.2, 0.25) is 0 Å². The van der Waals surface area contributed by atoms with Crippen molar-refractivity contribution in [2.45, 2.75) is 25.7 Å². The quantitative estimate of drug-likeness (QED) is 0.857. The van der Waals surface area contributed by atoms with Crippen molar-refractivity contribution in [2.24, 2.45) is 5.92 Å². The van der Waals surface area contributed by atoms with Gasteiger partial charge in [0.2, 0.25) is 0 Å². The number of likely N-dealkylation sites (tertiary alicyclic amines) is 1. The van der Waals surface area contributed by atoms with Crippen molar-refractivity contribution < 1.29 is 14.3 Å². The lowest BCUT2D eigenvalue weighted by Crippen LogP contribution is -2.36. The Balaban J connectivity index is 1.78. The molecule has 0 aromatic heterocycles. The summed E-state index contributed by atoms with van der Waals surface area (Å²) in [6.07, 6.45) is 4.62. The highest BCUT2D eigenvalue weighted by molar-refractivity contribution is 6.01. The van der Waals surface area contributed by atoms with Gasteiger partial charge in [0.1, 0.15) is 11.5 Å². The summed E-state index contributed by atoms with van der Waals surface area (Å²) in [5.74, 6) is 1.65. The molecule has 4 heteroatoms. The van der Waals surface area contributed by atoms with Crippen LogP contribution in [-0.2, 0) is 0 Å². The van der Waals surface area contributed by atoms with Crippen LogP contribution in [0.1, 0.15) is 36.0 Å². The van der Waals surface area contributed by atoms with Crippen LogP contribution in [-0.4, -0.2) is 44.0 Å². The summed E-state index contributed by atoms with van der Waals surface area (Å²) in [5.41, 5.74) is 0.675. The van der Waals surface area contributed by atoms with Gasteiger partial charge in [0.25, 0.3) is 0 Å². The highest BCUT2D eigenvalue weighted by atomic mass is 16.5. The summed E-state index contributed by atoms with van der Waals surface area (Å²) >= 11 is 0. The first kappa shape index (κ1) is 14.4. The standard InChI is InChI=1S/C17H23NO3/c1-20-14-5-6-16-15(11-14)17(19)13(7-10-21-16)12-18-8-3-2-4-9-18/h5-6,11,13H,2-4,7-10,12H2,1H3. The molecule has 1 aromatic carbocycles. The average molecular weight is 289 g/mol. The van der Waals surface area contributed by atoms with Crippen molar-refractivity contribution in [3.63, 3.8) is 0 Å². The minimum absolute atomic E-state index is 0.0384. The Bertz CT molecular complexity index is 509. The van der Waals surface area contributed by atoms with E-state index in [0.717, 1.165) is 26.1 Å². The number of piperidine rings is 1. The van der Waals surface area contributed by atoms with Crippen molar-refractivity contribution in [1.82, 2.24) is 4.90 Å². The van der Waals surface area contributed by atoms with Gasteiger partial charge < -0.3 is 14.4 Å². The van der Waals surface area contributed by atoms with E-state index < -0.39 is 0 Å². The first-order valence-electron chi connectivity index (χ1n) is 7.85. The Kier molecular flexibility index (Phi) is 4.44. The van der Waals surface area contributed by atoms with Crippen LogP contribution in [0.3, 0.4) is 0 Å². The molecule has 0 N–H and O–H groups in total. The zero-order chi connectivity index (χ0) is 14.7. The topological polar surface area (TPSA) is 38.8 Å². The summed E-state index contributed by atoms with van der Waals surface area (Å²) in [6.45, 7) is 3.72. The van der Waals surface area contributed by atoms with Crippen molar-refractivity contribution in [2.75, 3.05) is 33.4 Å². The second kappa shape index (κ2) is 6.48. The second-order valence-electron chi connectivity index (χ2n) is 5.92. The smallest absolute Gasteiger partial charge is 0.171 e. The summed E-state index contributed by atoms with van der Waals surface area (Å²) in [4.78, 5) is 15.2. The number of hydrogen-bond donors (Lipinski definition) is 0. The van der Waals surface area contributed by atoms with E-state index in [1.165, 1.54) is 19.3 Å². The fraction of sp³-hybridized carbons (Fsp3) is 0.588. The van der Waals surface area contributed by atoms with Gasteiger partial charge in [-0.05, 0) is 50.6 Å². The number of methoxy groups -OCH3 is 1. The molecule has 0 aliphatic carbocycles. The van der Waals surface area contributed by atoms with Crippen molar-refractivity contribution >= 4 is 5.78 Å². The number of fused-ring (bicyclic) bond motifs is 1. The van der Waals surface area contributed by atoms with Crippen LogP contribution < -0.4 is 9.47 Å². The number of carbonyl (C=O) groups excluding carboxylic acids is 1. The van der Waals surface area contributed by atoms with E-state index in [1.807, 2.05) is 18.2 Å². The number of benzene rings is 1. The molecule has 2 aliphatic heterocycles. The lowest BCUT2D eigenvalue weighted by Gasteiger charge is -2.29. The minimum atomic E-state index is 0.0384. The summed E-state index contributed by atoms with van der Waals surface area (Å²) in [6, 6.07) is 5.50. The van der Waals surface area contributed by atoms with Crippen molar-refractivity contribution in [1.29, 1.82) is 0 Å². The van der Waals surface area contributed by atoms with Gasteiger partial charge in [-0.15, -0.1) is 0 Å². The monoisotopic (exact) mass is 289 g/mol. The molecule has 0 amide bonds. The van der Waals surface area contributed by atoms with Crippen LogP contribution in [0.4, 0.5) is 0 Å². The second-order valence-corrected chi connectivity index (χ2v) is 5.92. The Hall–Kier alpha value is -1.55. The van der Waals surface area contributed by atoms with E-state index in [1.54, 1.807) is 7.11 Å². The molecule has 1 fully saturated rings. The van der Waals surface area contributed by atoms with E-state index >= 15 is 0 Å². The Morgan fingerprint density at radius 1 is 1.29 bits per heavy atom. The molecule has 0 radical (unpaired) electrons. The number of hydrogen-bond acceptors (Lipinski definition) is 4. The maximum Gasteiger partial charge on any atom is 0.171 e. The summed E-state index contributed by atoms with van der Waals surface area (Å²) in [7, 11) is 1.62. The first-order chi connectivity index (χ1) is 10.3. The zero-order valence-corrected chi connectivity index (χ0v) is 12.6. The van der Waals surface area contributed by atoms with E-state index in [9.17, 15) is 4.79 Å². The fourth-order valence-corrected chi connectivity index (χ4v) is 3.24. The van der Waals surface area contributed by atoms with Gasteiger partial charge in [-0.3, -0.25) is 4.79 Å². The van der Waals surface area contributed by atoms with Gasteiger partial charge in [-0.1, -0.05) is 6.42 Å². The molecule has 0 saturated carbocycles. The van der Waals surface area contributed by atoms with Crippen LogP contribution in [0.15, 0.2) is 18.2 Å². The van der Waals surface area contributed by atoms with Gasteiger partial charge in [-0.2, -0.15) is 0 Å². The molecule has 0 spiro atoms. The van der Waals surface area contributed by atoms with Crippen LogP contribution in [0.5, 0.6) is 11.5 Å². The third-order valence-corrected chi connectivity index (χ3v) is 4.47. The highest BCUT2D eigenvalue weighted by Crippen LogP contribution is 2.31. The SMILES string of the molecule is COc1ccc2c(c1)C(=O)C(CN1CCCCC1)CCO2. The van der Waals surface area contributed by atoms with E-state index in [-0.39, 0.29) is 11.7 Å². The molecular formula is C17H23NO3. The van der Waals surface area contributed by atoms with E-state index in [0.29, 0.717) is 23.7 Å².